The van der Waals surface area contributed by atoms with Crippen LogP contribution in [0.4, 0.5) is 5.69 Å². The van der Waals surface area contributed by atoms with Gasteiger partial charge < -0.3 is 9.80 Å². The first kappa shape index (κ1) is 30.9. The van der Waals surface area contributed by atoms with Crippen molar-refractivity contribution in [3.8, 4) is 5.69 Å². The van der Waals surface area contributed by atoms with E-state index in [1.54, 1.807) is 35.7 Å². The molecule has 1 unspecified atom stereocenters. The summed E-state index contributed by atoms with van der Waals surface area (Å²) >= 11 is 1.64. The lowest BCUT2D eigenvalue weighted by Crippen LogP contribution is -2.55. The third-order valence-electron chi connectivity index (χ3n) is 7.83. The van der Waals surface area contributed by atoms with Crippen LogP contribution in [0.2, 0.25) is 0 Å². The zero-order chi connectivity index (χ0) is 31.1. The van der Waals surface area contributed by atoms with E-state index in [9.17, 15) is 19.7 Å². The molecule has 0 saturated carbocycles. The van der Waals surface area contributed by atoms with Gasteiger partial charge in [0, 0.05) is 67.2 Å². The summed E-state index contributed by atoms with van der Waals surface area (Å²) < 4.78 is 2.11. The molecule has 2 amide bonds. The molecule has 10 nitrogen and oxygen atoms in total. The number of hydrogen-bond donors (Lipinski definition) is 0. The second kappa shape index (κ2) is 14.3. The van der Waals surface area contributed by atoms with E-state index < -0.39 is 4.92 Å². The SMILES string of the molecule is Cc1ccc(C(=O)N2CCN(C(=O)CCCCSc3nnc(Cc4ccccc4)n3-c3ccccc3)CC2C)cc1[N+](=O)[O-]. The van der Waals surface area contributed by atoms with Crippen molar-refractivity contribution in [2.75, 3.05) is 25.4 Å². The summed E-state index contributed by atoms with van der Waals surface area (Å²) in [6.07, 6.45) is 2.73. The molecule has 0 radical (unpaired) electrons. The number of nitrogens with zero attached hydrogens (tertiary/aromatic N) is 6. The number of nitro groups is 1. The van der Waals surface area contributed by atoms with E-state index in [1.165, 1.54) is 11.6 Å². The van der Waals surface area contributed by atoms with Gasteiger partial charge in [0.25, 0.3) is 11.6 Å². The fourth-order valence-corrected chi connectivity index (χ4v) is 6.38. The van der Waals surface area contributed by atoms with Crippen LogP contribution in [-0.2, 0) is 11.2 Å². The molecule has 11 heteroatoms. The fraction of sp³-hybridized carbons (Fsp3) is 0.333. The molecule has 1 atom stereocenters. The fourth-order valence-electron chi connectivity index (χ4n) is 5.41. The molecule has 1 aromatic heterocycles. The second-order valence-corrected chi connectivity index (χ2v) is 12.0. The van der Waals surface area contributed by atoms with E-state index >= 15 is 0 Å². The minimum Gasteiger partial charge on any atom is -0.339 e. The van der Waals surface area contributed by atoms with Gasteiger partial charge in [0.1, 0.15) is 5.82 Å². The van der Waals surface area contributed by atoms with Crippen molar-refractivity contribution in [3.63, 3.8) is 0 Å². The Hall–Kier alpha value is -4.51. The monoisotopic (exact) mass is 612 g/mol. The number of carbonyl (C=O) groups is 2. The quantitative estimate of drug-likeness (QED) is 0.0922. The van der Waals surface area contributed by atoms with E-state index in [-0.39, 0.29) is 23.5 Å². The van der Waals surface area contributed by atoms with Crippen LogP contribution in [0, 0.1) is 17.0 Å². The number of thioether (sulfide) groups is 1. The number of hydrogen-bond acceptors (Lipinski definition) is 7. The minimum absolute atomic E-state index is 0.0663. The predicted molar refractivity (Wildman–Crippen MR) is 170 cm³/mol. The second-order valence-electron chi connectivity index (χ2n) is 11.0. The summed E-state index contributed by atoms with van der Waals surface area (Å²) in [4.78, 5) is 40.5. The normalized spacial score (nSPS) is 14.9. The Morgan fingerprint density at radius 1 is 0.977 bits per heavy atom. The summed E-state index contributed by atoms with van der Waals surface area (Å²) in [6.45, 7) is 4.84. The van der Waals surface area contributed by atoms with E-state index in [0.29, 0.717) is 43.6 Å². The number of para-hydroxylation sites is 1. The number of piperazine rings is 1. The predicted octanol–water partition coefficient (Wildman–Crippen LogP) is 5.71. The van der Waals surface area contributed by atoms with E-state index in [1.807, 2.05) is 48.2 Å². The van der Waals surface area contributed by atoms with Crippen molar-refractivity contribution in [2.45, 2.75) is 50.7 Å². The van der Waals surface area contributed by atoms with Crippen molar-refractivity contribution in [1.29, 1.82) is 0 Å². The number of carbonyl (C=O) groups excluding carboxylic acids is 2. The molecule has 1 aliphatic heterocycles. The van der Waals surface area contributed by atoms with Crippen LogP contribution >= 0.6 is 11.8 Å². The molecule has 0 N–H and O–H groups in total. The number of unbranched alkanes of at least 4 members (excludes halogenated alkanes) is 1. The van der Waals surface area contributed by atoms with Crippen molar-refractivity contribution in [2.24, 2.45) is 0 Å². The van der Waals surface area contributed by atoms with Gasteiger partial charge in [-0.05, 0) is 50.5 Å². The van der Waals surface area contributed by atoms with Crippen LogP contribution in [0.15, 0.2) is 84.0 Å². The summed E-state index contributed by atoms with van der Waals surface area (Å²) in [5, 5.41) is 21.2. The maximum Gasteiger partial charge on any atom is 0.273 e. The summed E-state index contributed by atoms with van der Waals surface area (Å²) in [6, 6.07) is 24.7. The average molecular weight is 613 g/mol. The largest absolute Gasteiger partial charge is 0.339 e. The van der Waals surface area contributed by atoms with Gasteiger partial charge in [-0.1, -0.05) is 66.4 Å². The number of amides is 2. The van der Waals surface area contributed by atoms with Crippen LogP contribution in [0.5, 0.6) is 0 Å². The summed E-state index contributed by atoms with van der Waals surface area (Å²) in [5.41, 5.74) is 2.93. The Kier molecular flexibility index (Phi) is 10.1. The third kappa shape index (κ3) is 7.34. The molecule has 3 aromatic carbocycles. The highest BCUT2D eigenvalue weighted by Crippen LogP contribution is 2.25. The Labute approximate surface area is 261 Å². The van der Waals surface area contributed by atoms with Crippen LogP contribution in [0.3, 0.4) is 0 Å². The molecule has 1 saturated heterocycles. The number of aryl methyl sites for hydroxylation is 1. The van der Waals surface area contributed by atoms with Gasteiger partial charge in [0.05, 0.1) is 4.92 Å². The Morgan fingerprint density at radius 3 is 2.41 bits per heavy atom. The van der Waals surface area contributed by atoms with Gasteiger partial charge in [-0.2, -0.15) is 0 Å². The van der Waals surface area contributed by atoms with Crippen molar-refractivity contribution in [1.82, 2.24) is 24.6 Å². The zero-order valence-electron chi connectivity index (χ0n) is 25.0. The lowest BCUT2D eigenvalue weighted by Gasteiger charge is -2.40. The Morgan fingerprint density at radius 2 is 1.70 bits per heavy atom. The van der Waals surface area contributed by atoms with Gasteiger partial charge in [0.2, 0.25) is 5.91 Å². The maximum atomic E-state index is 13.1. The Balaban J connectivity index is 1.11. The topological polar surface area (TPSA) is 114 Å². The number of aromatic nitrogens is 3. The summed E-state index contributed by atoms with van der Waals surface area (Å²) in [7, 11) is 0. The highest BCUT2D eigenvalue weighted by molar-refractivity contribution is 7.99. The van der Waals surface area contributed by atoms with E-state index in [4.69, 9.17) is 0 Å². The first-order valence-corrected chi connectivity index (χ1v) is 15.8. The number of nitro benzene ring substituents is 1. The molecule has 0 spiro atoms. The van der Waals surface area contributed by atoms with Gasteiger partial charge >= 0.3 is 0 Å². The van der Waals surface area contributed by atoms with Gasteiger partial charge in [-0.3, -0.25) is 24.3 Å². The molecule has 4 aromatic rings. The van der Waals surface area contributed by atoms with E-state index in [0.717, 1.165) is 35.3 Å². The molecule has 2 heterocycles. The zero-order valence-corrected chi connectivity index (χ0v) is 25.8. The molecule has 1 aliphatic rings. The number of rotatable bonds is 11. The molecule has 0 aliphatic carbocycles. The maximum absolute atomic E-state index is 13.1. The molecular weight excluding hydrogens is 576 g/mol. The van der Waals surface area contributed by atoms with Crippen molar-refractivity contribution >= 4 is 29.3 Å². The lowest BCUT2D eigenvalue weighted by atomic mass is 10.1. The first-order valence-electron chi connectivity index (χ1n) is 14.8. The summed E-state index contributed by atoms with van der Waals surface area (Å²) in [5.74, 6) is 1.52. The minimum atomic E-state index is -0.470. The smallest absolute Gasteiger partial charge is 0.273 e. The first-order chi connectivity index (χ1) is 21.3. The van der Waals surface area contributed by atoms with Crippen molar-refractivity contribution in [3.05, 3.63) is 111 Å². The van der Waals surface area contributed by atoms with Crippen molar-refractivity contribution < 1.29 is 14.5 Å². The highest BCUT2D eigenvalue weighted by Gasteiger charge is 2.31. The lowest BCUT2D eigenvalue weighted by molar-refractivity contribution is -0.385. The molecule has 44 heavy (non-hydrogen) atoms. The van der Waals surface area contributed by atoms with Crippen LogP contribution in [-0.4, -0.2) is 72.7 Å². The molecule has 5 rings (SSSR count). The molecule has 228 valence electrons. The molecule has 0 bridgehead atoms. The average Bonchev–Trinajstić information content (AvgIpc) is 3.43. The molecule has 1 fully saturated rings. The van der Waals surface area contributed by atoms with Gasteiger partial charge in [-0.25, -0.2) is 0 Å². The van der Waals surface area contributed by atoms with Crippen LogP contribution in [0.1, 0.15) is 53.5 Å². The number of benzene rings is 3. The van der Waals surface area contributed by atoms with E-state index in [2.05, 4.69) is 39.0 Å². The standard InChI is InChI=1S/C33H36N6O4S/c1-24-16-17-27(22-29(24)39(42)43)32(41)37-19-18-36(23-25(37)2)31(40)15-9-10-20-44-33-35-34-30(21-26-11-5-3-6-12-26)38(33)28-13-7-4-8-14-28/h3-8,11-14,16-17,22,25H,9-10,15,18-21,23H2,1-2H3. The Bertz CT molecular complexity index is 1610. The van der Waals surface area contributed by atoms with Gasteiger partial charge in [0.15, 0.2) is 5.16 Å². The van der Waals surface area contributed by atoms with Crippen LogP contribution < -0.4 is 0 Å². The highest BCUT2D eigenvalue weighted by atomic mass is 32.2. The van der Waals surface area contributed by atoms with Crippen LogP contribution in [0.25, 0.3) is 5.69 Å². The third-order valence-corrected chi connectivity index (χ3v) is 8.85. The van der Waals surface area contributed by atoms with Gasteiger partial charge in [-0.15, -0.1) is 10.2 Å². The molecular formula is C33H36N6O4S.